The lowest BCUT2D eigenvalue weighted by Crippen LogP contribution is -2.37. The first-order valence-electron chi connectivity index (χ1n) is 6.97. The molecule has 20 heavy (non-hydrogen) atoms. The fourth-order valence-electron chi connectivity index (χ4n) is 2.95. The molecule has 3 heterocycles. The lowest BCUT2D eigenvalue weighted by molar-refractivity contribution is 0.0891. The van der Waals surface area contributed by atoms with E-state index in [1.54, 1.807) is 11.3 Å². The first-order chi connectivity index (χ1) is 9.56. The van der Waals surface area contributed by atoms with Gasteiger partial charge in [-0.05, 0) is 50.3 Å². The Bertz CT molecular complexity index is 641. The zero-order chi connectivity index (χ0) is 14.3. The summed E-state index contributed by atoms with van der Waals surface area (Å²) in [6.07, 6.45) is 1.08. The van der Waals surface area contributed by atoms with Gasteiger partial charge in [-0.15, -0.1) is 22.7 Å². The number of hydrogen-bond acceptors (Lipinski definition) is 4. The standard InChI is InChI=1S/C16H19NOS2/c1-10-8-14(12(3)20-10)15(18)9-17-6-4-16-13(11(17)2)5-7-19-16/h5,7-8,11H,4,6,9H2,1-3H3. The van der Waals surface area contributed by atoms with Crippen LogP contribution in [0.3, 0.4) is 0 Å². The van der Waals surface area contributed by atoms with Crippen molar-refractivity contribution in [3.05, 3.63) is 43.3 Å². The van der Waals surface area contributed by atoms with Crippen LogP contribution < -0.4 is 0 Å². The molecule has 106 valence electrons. The molecule has 0 amide bonds. The first-order valence-corrected chi connectivity index (χ1v) is 8.66. The van der Waals surface area contributed by atoms with E-state index in [-0.39, 0.29) is 5.78 Å². The maximum Gasteiger partial charge on any atom is 0.177 e. The molecule has 1 atom stereocenters. The first kappa shape index (κ1) is 14.0. The molecule has 0 bridgehead atoms. The van der Waals surface area contributed by atoms with E-state index in [1.165, 1.54) is 15.3 Å². The summed E-state index contributed by atoms with van der Waals surface area (Å²) < 4.78 is 0. The van der Waals surface area contributed by atoms with Gasteiger partial charge in [0.2, 0.25) is 0 Å². The highest BCUT2D eigenvalue weighted by atomic mass is 32.1. The van der Waals surface area contributed by atoms with E-state index in [0.717, 1.165) is 23.4 Å². The number of ketones is 1. The molecule has 0 saturated carbocycles. The lowest BCUT2D eigenvalue weighted by Gasteiger charge is -2.32. The van der Waals surface area contributed by atoms with Gasteiger partial charge in [0.15, 0.2) is 5.78 Å². The molecule has 0 saturated heterocycles. The number of carbonyl (C=O) groups is 1. The third kappa shape index (κ3) is 2.48. The van der Waals surface area contributed by atoms with Crippen LogP contribution in [0.5, 0.6) is 0 Å². The Morgan fingerprint density at radius 2 is 2.25 bits per heavy atom. The van der Waals surface area contributed by atoms with Crippen LogP contribution in [0.15, 0.2) is 17.5 Å². The topological polar surface area (TPSA) is 20.3 Å². The largest absolute Gasteiger partial charge is 0.293 e. The van der Waals surface area contributed by atoms with Crippen LogP contribution in [0.2, 0.25) is 0 Å². The van der Waals surface area contributed by atoms with Crippen molar-refractivity contribution in [2.24, 2.45) is 0 Å². The van der Waals surface area contributed by atoms with E-state index in [9.17, 15) is 4.79 Å². The average Bonchev–Trinajstić information content (AvgIpc) is 2.99. The van der Waals surface area contributed by atoms with Gasteiger partial charge in [0.25, 0.3) is 0 Å². The Kier molecular flexibility index (Phi) is 3.80. The minimum atomic E-state index is 0.261. The Morgan fingerprint density at radius 1 is 1.45 bits per heavy atom. The third-order valence-electron chi connectivity index (χ3n) is 4.09. The van der Waals surface area contributed by atoms with Crippen molar-refractivity contribution < 1.29 is 4.79 Å². The molecule has 0 radical (unpaired) electrons. The van der Waals surface area contributed by atoms with Crippen molar-refractivity contribution in [3.63, 3.8) is 0 Å². The Morgan fingerprint density at radius 3 is 2.95 bits per heavy atom. The van der Waals surface area contributed by atoms with E-state index >= 15 is 0 Å². The normalized spacial score (nSPS) is 19.1. The predicted molar refractivity (Wildman–Crippen MR) is 86.1 cm³/mol. The highest BCUT2D eigenvalue weighted by Crippen LogP contribution is 2.33. The van der Waals surface area contributed by atoms with Gasteiger partial charge >= 0.3 is 0 Å². The fourth-order valence-corrected chi connectivity index (χ4v) is 4.86. The molecule has 0 fully saturated rings. The number of nitrogens with zero attached hydrogens (tertiary/aromatic N) is 1. The van der Waals surface area contributed by atoms with E-state index in [4.69, 9.17) is 0 Å². The molecular formula is C16H19NOS2. The van der Waals surface area contributed by atoms with Crippen LogP contribution in [-0.4, -0.2) is 23.8 Å². The van der Waals surface area contributed by atoms with Crippen LogP contribution in [0.25, 0.3) is 0 Å². The van der Waals surface area contributed by atoms with Crippen molar-refractivity contribution >= 4 is 28.5 Å². The fraction of sp³-hybridized carbons (Fsp3) is 0.438. The highest BCUT2D eigenvalue weighted by molar-refractivity contribution is 7.12. The van der Waals surface area contributed by atoms with Crippen molar-refractivity contribution in [2.75, 3.05) is 13.1 Å². The van der Waals surface area contributed by atoms with Gasteiger partial charge in [0.1, 0.15) is 0 Å². The predicted octanol–water partition coefficient (Wildman–Crippen LogP) is 4.23. The molecule has 3 rings (SSSR count). The van der Waals surface area contributed by atoms with Crippen molar-refractivity contribution in [3.8, 4) is 0 Å². The van der Waals surface area contributed by atoms with Crippen LogP contribution in [-0.2, 0) is 6.42 Å². The molecule has 2 nitrogen and oxygen atoms in total. The number of fused-ring (bicyclic) bond motifs is 1. The average molecular weight is 305 g/mol. The minimum absolute atomic E-state index is 0.261. The van der Waals surface area contributed by atoms with Gasteiger partial charge in [-0.3, -0.25) is 9.69 Å². The second-order valence-corrected chi connectivity index (χ2v) is 7.91. The van der Waals surface area contributed by atoms with Gasteiger partial charge in [-0.2, -0.15) is 0 Å². The summed E-state index contributed by atoms with van der Waals surface area (Å²) in [6.45, 7) is 7.84. The quantitative estimate of drug-likeness (QED) is 0.791. The molecule has 1 unspecified atom stereocenters. The number of carbonyl (C=O) groups excluding carboxylic acids is 1. The van der Waals surface area contributed by atoms with Gasteiger partial charge in [0, 0.05) is 32.8 Å². The van der Waals surface area contributed by atoms with Crippen molar-refractivity contribution in [2.45, 2.75) is 33.2 Å². The van der Waals surface area contributed by atoms with Crippen LogP contribution in [0, 0.1) is 13.8 Å². The summed E-state index contributed by atoms with van der Waals surface area (Å²) in [6, 6.07) is 4.60. The van der Waals surface area contributed by atoms with Gasteiger partial charge in [0.05, 0.1) is 6.54 Å². The Hall–Kier alpha value is -0.970. The van der Waals surface area contributed by atoms with Gasteiger partial charge < -0.3 is 0 Å². The smallest absolute Gasteiger partial charge is 0.177 e. The number of rotatable bonds is 3. The molecule has 1 aliphatic rings. The molecule has 0 spiro atoms. The third-order valence-corrected chi connectivity index (χ3v) is 6.05. The van der Waals surface area contributed by atoms with Gasteiger partial charge in [-0.1, -0.05) is 0 Å². The molecule has 2 aromatic heterocycles. The summed E-state index contributed by atoms with van der Waals surface area (Å²) >= 11 is 3.55. The van der Waals surface area contributed by atoms with Crippen molar-refractivity contribution in [1.29, 1.82) is 0 Å². The van der Waals surface area contributed by atoms with Gasteiger partial charge in [-0.25, -0.2) is 0 Å². The zero-order valence-electron chi connectivity index (χ0n) is 12.1. The SMILES string of the molecule is Cc1cc(C(=O)CN2CCc3sccc3C2C)c(C)s1. The maximum absolute atomic E-state index is 12.5. The van der Waals surface area contributed by atoms with Crippen LogP contribution in [0.1, 0.15) is 43.5 Å². The Labute approximate surface area is 128 Å². The molecule has 1 aliphatic heterocycles. The summed E-state index contributed by atoms with van der Waals surface area (Å²) in [5, 5.41) is 2.17. The Balaban J connectivity index is 1.76. The van der Waals surface area contributed by atoms with E-state index in [0.29, 0.717) is 12.6 Å². The second kappa shape index (κ2) is 5.43. The summed E-state index contributed by atoms with van der Waals surface area (Å²) in [7, 11) is 0. The lowest BCUT2D eigenvalue weighted by atomic mass is 10.0. The second-order valence-electron chi connectivity index (χ2n) is 5.45. The number of aryl methyl sites for hydroxylation is 2. The van der Waals surface area contributed by atoms with E-state index in [2.05, 4.69) is 30.2 Å². The number of thiophene rings is 2. The summed E-state index contributed by atoms with van der Waals surface area (Å²) in [5.41, 5.74) is 2.32. The molecule has 2 aromatic rings. The summed E-state index contributed by atoms with van der Waals surface area (Å²) in [5.74, 6) is 0.261. The highest BCUT2D eigenvalue weighted by Gasteiger charge is 2.27. The molecule has 4 heteroatoms. The van der Waals surface area contributed by atoms with Crippen LogP contribution in [0.4, 0.5) is 0 Å². The zero-order valence-corrected chi connectivity index (χ0v) is 13.7. The van der Waals surface area contributed by atoms with Crippen LogP contribution >= 0.6 is 22.7 Å². The van der Waals surface area contributed by atoms with E-state index < -0.39 is 0 Å². The number of hydrogen-bond donors (Lipinski definition) is 0. The summed E-state index contributed by atoms with van der Waals surface area (Å²) in [4.78, 5) is 18.7. The molecular weight excluding hydrogens is 286 g/mol. The monoisotopic (exact) mass is 305 g/mol. The molecule has 0 aromatic carbocycles. The minimum Gasteiger partial charge on any atom is -0.293 e. The maximum atomic E-state index is 12.5. The number of Topliss-reactive ketones (excluding diaryl/α,β-unsaturated/α-hetero) is 1. The van der Waals surface area contributed by atoms with E-state index in [1.807, 2.05) is 24.3 Å². The molecule has 0 N–H and O–H groups in total. The van der Waals surface area contributed by atoms with Crippen molar-refractivity contribution in [1.82, 2.24) is 4.90 Å². The molecule has 0 aliphatic carbocycles.